The first-order chi connectivity index (χ1) is 7.56. The zero-order valence-electron chi connectivity index (χ0n) is 8.98. The minimum absolute atomic E-state index is 0.0640. The second-order valence-electron chi connectivity index (χ2n) is 3.03. The molecule has 86 valence electrons. The minimum atomic E-state index is -1.08. The minimum Gasteiger partial charge on any atom is -0.478 e. The van der Waals surface area contributed by atoms with Crippen molar-refractivity contribution in [3.05, 3.63) is 33.9 Å². The number of nitrogens with zero attached hydrogens (tertiary/aromatic N) is 1. The number of aryl methyl sites for hydroxylation is 1. The largest absolute Gasteiger partial charge is 0.478 e. The van der Waals surface area contributed by atoms with E-state index in [2.05, 4.69) is 9.97 Å². The number of carboxylic acids is 1. The van der Waals surface area contributed by atoms with E-state index in [9.17, 15) is 9.59 Å². The van der Waals surface area contributed by atoms with Gasteiger partial charge in [0, 0.05) is 11.4 Å². The number of carbonyl (C=O) groups is 1. The summed E-state index contributed by atoms with van der Waals surface area (Å²) in [6.07, 6.45) is 3.72. The Kier molecular flexibility index (Phi) is 4.30. The molecule has 0 aliphatic carbocycles. The number of aromatic nitrogens is 2. The quantitative estimate of drug-likeness (QED) is 0.473. The number of H-pyrrole nitrogens is 1. The van der Waals surface area contributed by atoms with E-state index in [0.717, 1.165) is 0 Å². The van der Waals surface area contributed by atoms with Crippen molar-refractivity contribution in [2.45, 2.75) is 18.9 Å². The van der Waals surface area contributed by atoms with Gasteiger partial charge >= 0.3 is 11.7 Å². The number of allylic oxidation sites excluding steroid dienone is 1. The van der Waals surface area contributed by atoms with E-state index in [-0.39, 0.29) is 10.6 Å². The number of hydrogen-bond donors (Lipinski definition) is 2. The van der Waals surface area contributed by atoms with E-state index in [1.807, 2.05) is 19.1 Å². The summed E-state index contributed by atoms with van der Waals surface area (Å²) in [5.41, 5.74) is -0.130. The number of carboxylic acid groups (broad SMARTS) is 1. The summed E-state index contributed by atoms with van der Waals surface area (Å²) in [5, 5.41) is 9.26. The van der Waals surface area contributed by atoms with Crippen LogP contribution < -0.4 is 5.69 Å². The summed E-state index contributed by atoms with van der Waals surface area (Å²) >= 11 is 1.23. The first kappa shape index (κ1) is 12.5. The Morgan fingerprint density at radius 1 is 1.62 bits per heavy atom. The molecule has 0 fully saturated rings. The van der Waals surface area contributed by atoms with Gasteiger partial charge in [0.05, 0.1) is 0 Å². The van der Waals surface area contributed by atoms with Crippen LogP contribution in [0.25, 0.3) is 0 Å². The fourth-order valence-corrected chi connectivity index (χ4v) is 2.12. The number of hydrogen-bond acceptors (Lipinski definition) is 4. The molecular formula is C10H12N2O3S. The van der Waals surface area contributed by atoms with Crippen LogP contribution in [0, 0.1) is 6.92 Å². The molecule has 0 saturated heterocycles. The molecule has 6 heteroatoms. The lowest BCUT2D eigenvalue weighted by Crippen LogP contribution is -2.18. The molecule has 0 aliphatic heterocycles. The average Bonchev–Trinajstić information content (AvgIpc) is 2.16. The number of nitrogens with one attached hydrogen (secondary N) is 1. The molecule has 1 rings (SSSR count). The van der Waals surface area contributed by atoms with E-state index >= 15 is 0 Å². The Balaban J connectivity index is 3.14. The molecule has 1 aromatic heterocycles. The molecule has 1 aromatic rings. The number of rotatable bonds is 4. The number of aromatic carboxylic acids is 1. The van der Waals surface area contributed by atoms with Crippen molar-refractivity contribution >= 4 is 17.7 Å². The maximum absolute atomic E-state index is 11.1. The van der Waals surface area contributed by atoms with Gasteiger partial charge in [0.1, 0.15) is 10.6 Å². The van der Waals surface area contributed by atoms with Crippen LogP contribution >= 0.6 is 11.8 Å². The van der Waals surface area contributed by atoms with Crippen LogP contribution in [0.1, 0.15) is 23.0 Å². The first-order valence-electron chi connectivity index (χ1n) is 4.64. The number of aromatic amines is 1. The van der Waals surface area contributed by atoms with Gasteiger partial charge in [0.15, 0.2) is 0 Å². The van der Waals surface area contributed by atoms with Crippen LogP contribution in [-0.2, 0) is 0 Å². The highest BCUT2D eigenvalue weighted by Crippen LogP contribution is 2.20. The highest BCUT2D eigenvalue weighted by atomic mass is 32.2. The molecule has 0 amide bonds. The van der Waals surface area contributed by atoms with Gasteiger partial charge in [-0.05, 0) is 13.8 Å². The smallest absolute Gasteiger partial charge is 0.346 e. The molecule has 0 unspecified atom stereocenters. The maximum atomic E-state index is 11.1. The zero-order valence-corrected chi connectivity index (χ0v) is 9.80. The molecule has 0 aromatic carbocycles. The highest BCUT2D eigenvalue weighted by Gasteiger charge is 2.16. The Bertz CT molecular complexity index is 479. The lowest BCUT2D eigenvalue weighted by Gasteiger charge is -2.05. The molecule has 0 saturated carbocycles. The van der Waals surface area contributed by atoms with Gasteiger partial charge in [-0.1, -0.05) is 12.2 Å². The summed E-state index contributed by atoms with van der Waals surface area (Å²) < 4.78 is 0. The third-order valence-corrected chi connectivity index (χ3v) is 2.78. The fourth-order valence-electron chi connectivity index (χ4n) is 1.14. The third kappa shape index (κ3) is 2.96. The predicted molar refractivity (Wildman–Crippen MR) is 62.1 cm³/mol. The monoisotopic (exact) mass is 240 g/mol. The van der Waals surface area contributed by atoms with Crippen molar-refractivity contribution in [3.63, 3.8) is 0 Å². The lowest BCUT2D eigenvalue weighted by atomic mass is 10.2. The van der Waals surface area contributed by atoms with E-state index in [4.69, 9.17) is 5.11 Å². The van der Waals surface area contributed by atoms with Crippen molar-refractivity contribution in [2.24, 2.45) is 0 Å². The zero-order chi connectivity index (χ0) is 12.1. The highest BCUT2D eigenvalue weighted by molar-refractivity contribution is 7.99. The van der Waals surface area contributed by atoms with Crippen molar-refractivity contribution in [1.82, 2.24) is 9.97 Å². The van der Waals surface area contributed by atoms with Crippen LogP contribution in [0.5, 0.6) is 0 Å². The van der Waals surface area contributed by atoms with Gasteiger partial charge in [0.2, 0.25) is 0 Å². The van der Waals surface area contributed by atoms with E-state index in [1.165, 1.54) is 11.8 Å². The predicted octanol–water partition coefficient (Wildman–Crippen LogP) is 1.44. The van der Waals surface area contributed by atoms with Crippen molar-refractivity contribution < 1.29 is 9.90 Å². The van der Waals surface area contributed by atoms with Crippen molar-refractivity contribution in [3.8, 4) is 0 Å². The summed E-state index contributed by atoms with van der Waals surface area (Å²) in [7, 11) is 0. The van der Waals surface area contributed by atoms with Crippen LogP contribution in [-0.4, -0.2) is 26.8 Å². The van der Waals surface area contributed by atoms with E-state index < -0.39 is 11.7 Å². The topological polar surface area (TPSA) is 83.0 Å². The maximum Gasteiger partial charge on any atom is 0.346 e. The molecule has 0 radical (unpaired) electrons. The lowest BCUT2D eigenvalue weighted by molar-refractivity contribution is 0.0690. The van der Waals surface area contributed by atoms with Crippen molar-refractivity contribution in [2.75, 3.05) is 5.75 Å². The van der Waals surface area contributed by atoms with Crippen LogP contribution in [0.4, 0.5) is 0 Å². The van der Waals surface area contributed by atoms with Crippen molar-refractivity contribution in [1.29, 1.82) is 0 Å². The Hall–Kier alpha value is -1.56. The standard InChI is InChI=1S/C10H12N2O3S/c1-3-4-5-16-8-7(9(13)14)6(2)11-10(15)12-8/h3-4H,5H2,1-2H3,(H,13,14)(H,11,12,15)/b4-3+. The van der Waals surface area contributed by atoms with Gasteiger partial charge in [-0.15, -0.1) is 11.8 Å². The van der Waals surface area contributed by atoms with Gasteiger partial charge in [-0.25, -0.2) is 9.59 Å². The first-order valence-corrected chi connectivity index (χ1v) is 5.63. The Morgan fingerprint density at radius 2 is 2.31 bits per heavy atom. The van der Waals surface area contributed by atoms with Crippen LogP contribution in [0.15, 0.2) is 22.0 Å². The van der Waals surface area contributed by atoms with Crippen LogP contribution in [0.3, 0.4) is 0 Å². The van der Waals surface area contributed by atoms with Crippen LogP contribution in [0.2, 0.25) is 0 Å². The van der Waals surface area contributed by atoms with E-state index in [0.29, 0.717) is 11.4 Å². The molecule has 0 atom stereocenters. The SMILES string of the molecule is C/C=C/CSc1nc(=O)[nH]c(C)c1C(=O)O. The summed E-state index contributed by atoms with van der Waals surface area (Å²) in [6.45, 7) is 3.42. The fraction of sp³-hybridized carbons (Fsp3) is 0.300. The van der Waals surface area contributed by atoms with Gasteiger partial charge in [-0.2, -0.15) is 4.98 Å². The second-order valence-corrected chi connectivity index (χ2v) is 4.04. The normalized spacial score (nSPS) is 10.9. The Labute approximate surface area is 96.6 Å². The molecule has 16 heavy (non-hydrogen) atoms. The molecule has 0 aliphatic rings. The molecular weight excluding hydrogens is 228 g/mol. The van der Waals surface area contributed by atoms with Gasteiger partial charge < -0.3 is 10.1 Å². The average molecular weight is 240 g/mol. The van der Waals surface area contributed by atoms with E-state index in [1.54, 1.807) is 6.92 Å². The Morgan fingerprint density at radius 3 is 2.88 bits per heavy atom. The molecule has 1 heterocycles. The van der Waals surface area contributed by atoms with Gasteiger partial charge in [0.25, 0.3) is 0 Å². The molecule has 0 bridgehead atoms. The number of thioether (sulfide) groups is 1. The molecule has 5 nitrogen and oxygen atoms in total. The molecule has 0 spiro atoms. The second kappa shape index (κ2) is 5.50. The summed E-state index contributed by atoms with van der Waals surface area (Å²) in [6, 6.07) is 0. The summed E-state index contributed by atoms with van der Waals surface area (Å²) in [4.78, 5) is 28.2. The van der Waals surface area contributed by atoms with Gasteiger partial charge in [-0.3, -0.25) is 0 Å². The molecule has 2 N–H and O–H groups in total. The third-order valence-electron chi connectivity index (χ3n) is 1.85. The summed E-state index contributed by atoms with van der Waals surface area (Å²) in [5.74, 6) is -0.489.